The van der Waals surface area contributed by atoms with Crippen molar-refractivity contribution in [2.24, 2.45) is 5.41 Å². The van der Waals surface area contributed by atoms with Gasteiger partial charge in [0.2, 0.25) is 0 Å². The van der Waals surface area contributed by atoms with Gasteiger partial charge < -0.3 is 10.0 Å². The molecule has 0 aromatic heterocycles. The first kappa shape index (κ1) is 12.3. The maximum absolute atomic E-state index is 10.9. The van der Waals surface area contributed by atoms with Gasteiger partial charge in [0.05, 0.1) is 0 Å². The van der Waals surface area contributed by atoms with E-state index in [1.54, 1.807) is 0 Å². The van der Waals surface area contributed by atoms with E-state index in [0.29, 0.717) is 6.54 Å². The number of nitrogens with zero attached hydrogens (tertiary/aromatic N) is 2. The first-order valence-corrected chi connectivity index (χ1v) is 5.51. The average molecular weight is 214 g/mol. The molecule has 4 heteroatoms. The van der Waals surface area contributed by atoms with Crippen LogP contribution in [0.3, 0.4) is 0 Å². The highest BCUT2D eigenvalue weighted by Gasteiger charge is 2.28. The normalized spacial score (nSPS) is 24.3. The Morgan fingerprint density at radius 3 is 2.40 bits per heavy atom. The molecule has 1 aliphatic rings. The van der Waals surface area contributed by atoms with Crippen LogP contribution in [0.4, 0.5) is 4.79 Å². The fourth-order valence-corrected chi connectivity index (χ4v) is 2.13. The summed E-state index contributed by atoms with van der Waals surface area (Å²) in [4.78, 5) is 14.7. The second kappa shape index (κ2) is 4.39. The molecule has 88 valence electrons. The van der Waals surface area contributed by atoms with E-state index in [1.165, 1.54) is 4.90 Å². The lowest BCUT2D eigenvalue weighted by Gasteiger charge is -2.40. The maximum atomic E-state index is 10.9. The standard InChI is InChI=1S/C11H22N2O2/c1-9-7-12(8-11(2,3)4)5-6-13(9)10(14)15/h9H,5-8H2,1-4H3,(H,14,15). The van der Waals surface area contributed by atoms with Gasteiger partial charge in [-0.1, -0.05) is 20.8 Å². The van der Waals surface area contributed by atoms with Crippen molar-refractivity contribution >= 4 is 6.09 Å². The van der Waals surface area contributed by atoms with Gasteiger partial charge in [-0.15, -0.1) is 0 Å². The molecule has 1 N–H and O–H groups in total. The Morgan fingerprint density at radius 2 is 2.00 bits per heavy atom. The summed E-state index contributed by atoms with van der Waals surface area (Å²) >= 11 is 0. The zero-order chi connectivity index (χ0) is 11.6. The molecule has 0 spiro atoms. The van der Waals surface area contributed by atoms with Gasteiger partial charge in [-0.05, 0) is 12.3 Å². The lowest BCUT2D eigenvalue weighted by Crippen LogP contribution is -2.54. The Morgan fingerprint density at radius 1 is 1.40 bits per heavy atom. The van der Waals surface area contributed by atoms with Crippen LogP contribution in [0.1, 0.15) is 27.7 Å². The van der Waals surface area contributed by atoms with Gasteiger partial charge in [0.1, 0.15) is 0 Å². The molecule has 0 aromatic rings. The van der Waals surface area contributed by atoms with E-state index in [4.69, 9.17) is 5.11 Å². The summed E-state index contributed by atoms with van der Waals surface area (Å²) in [5, 5.41) is 8.93. The molecule has 1 heterocycles. The molecule has 0 aromatic carbocycles. The summed E-state index contributed by atoms with van der Waals surface area (Å²) in [6.07, 6.45) is -0.794. The number of piperazine rings is 1. The third-order valence-electron chi connectivity index (χ3n) is 2.66. The summed E-state index contributed by atoms with van der Waals surface area (Å²) in [7, 11) is 0. The minimum absolute atomic E-state index is 0.110. The summed E-state index contributed by atoms with van der Waals surface area (Å²) in [6.45, 7) is 12.0. The van der Waals surface area contributed by atoms with E-state index in [0.717, 1.165) is 19.6 Å². The number of hydrogen-bond donors (Lipinski definition) is 1. The Bertz CT molecular complexity index is 235. The first-order valence-electron chi connectivity index (χ1n) is 5.51. The summed E-state index contributed by atoms with van der Waals surface area (Å²) in [5.41, 5.74) is 0.283. The minimum atomic E-state index is -0.794. The van der Waals surface area contributed by atoms with E-state index in [1.807, 2.05) is 6.92 Å². The molecule has 1 fully saturated rings. The molecule has 1 aliphatic heterocycles. The molecule has 1 unspecified atom stereocenters. The molecule has 1 saturated heterocycles. The van der Waals surface area contributed by atoms with Crippen LogP contribution in [0.25, 0.3) is 0 Å². The van der Waals surface area contributed by atoms with Crippen molar-refractivity contribution < 1.29 is 9.90 Å². The molecule has 0 bridgehead atoms. The predicted molar refractivity (Wildman–Crippen MR) is 60.1 cm³/mol. The lowest BCUT2D eigenvalue weighted by molar-refractivity contribution is 0.0598. The number of carbonyl (C=O) groups is 1. The molecule has 15 heavy (non-hydrogen) atoms. The summed E-state index contributed by atoms with van der Waals surface area (Å²) < 4.78 is 0. The second-order valence-corrected chi connectivity index (χ2v) is 5.62. The molecule has 1 amide bonds. The van der Waals surface area contributed by atoms with Gasteiger partial charge in [0.25, 0.3) is 0 Å². The SMILES string of the molecule is CC1CN(CC(C)(C)C)CCN1C(=O)O. The van der Waals surface area contributed by atoms with E-state index < -0.39 is 6.09 Å². The fourth-order valence-electron chi connectivity index (χ4n) is 2.13. The third-order valence-corrected chi connectivity index (χ3v) is 2.66. The van der Waals surface area contributed by atoms with Gasteiger partial charge in [-0.2, -0.15) is 0 Å². The number of carboxylic acid groups (broad SMARTS) is 1. The van der Waals surface area contributed by atoms with Crippen molar-refractivity contribution in [1.29, 1.82) is 0 Å². The monoisotopic (exact) mass is 214 g/mol. The quantitative estimate of drug-likeness (QED) is 0.722. The Hall–Kier alpha value is -0.770. The maximum Gasteiger partial charge on any atom is 0.407 e. The largest absolute Gasteiger partial charge is 0.465 e. The highest BCUT2D eigenvalue weighted by molar-refractivity contribution is 5.65. The summed E-state index contributed by atoms with van der Waals surface area (Å²) in [5.74, 6) is 0. The van der Waals surface area contributed by atoms with Crippen molar-refractivity contribution in [3.8, 4) is 0 Å². The van der Waals surface area contributed by atoms with Crippen LogP contribution in [0, 0.1) is 5.41 Å². The Kier molecular flexibility index (Phi) is 3.60. The minimum Gasteiger partial charge on any atom is -0.465 e. The molecule has 4 nitrogen and oxygen atoms in total. The number of hydrogen-bond acceptors (Lipinski definition) is 2. The van der Waals surface area contributed by atoms with Crippen LogP contribution in [-0.4, -0.2) is 53.2 Å². The van der Waals surface area contributed by atoms with Crippen LogP contribution < -0.4 is 0 Å². The van der Waals surface area contributed by atoms with Crippen LogP contribution in [-0.2, 0) is 0 Å². The second-order valence-electron chi connectivity index (χ2n) is 5.62. The molecule has 0 saturated carbocycles. The molecule has 1 atom stereocenters. The zero-order valence-electron chi connectivity index (χ0n) is 10.2. The van der Waals surface area contributed by atoms with E-state index >= 15 is 0 Å². The smallest absolute Gasteiger partial charge is 0.407 e. The van der Waals surface area contributed by atoms with Crippen molar-refractivity contribution in [3.05, 3.63) is 0 Å². The molecule has 1 rings (SSSR count). The number of rotatable bonds is 1. The van der Waals surface area contributed by atoms with E-state index in [-0.39, 0.29) is 11.5 Å². The van der Waals surface area contributed by atoms with Crippen molar-refractivity contribution in [2.45, 2.75) is 33.7 Å². The lowest BCUT2D eigenvalue weighted by atomic mass is 9.95. The highest BCUT2D eigenvalue weighted by Crippen LogP contribution is 2.18. The molecule has 0 radical (unpaired) electrons. The van der Waals surface area contributed by atoms with E-state index in [2.05, 4.69) is 25.7 Å². The first-order chi connectivity index (χ1) is 6.79. The molecular formula is C11H22N2O2. The number of amides is 1. The molecule has 0 aliphatic carbocycles. The summed E-state index contributed by atoms with van der Waals surface area (Å²) in [6, 6.07) is 0.110. The van der Waals surface area contributed by atoms with Crippen LogP contribution in [0.15, 0.2) is 0 Å². The van der Waals surface area contributed by atoms with Gasteiger partial charge in [-0.25, -0.2) is 4.79 Å². The predicted octanol–water partition coefficient (Wildman–Crippen LogP) is 1.72. The van der Waals surface area contributed by atoms with Crippen molar-refractivity contribution in [2.75, 3.05) is 26.2 Å². The van der Waals surface area contributed by atoms with Crippen LogP contribution in [0.5, 0.6) is 0 Å². The van der Waals surface area contributed by atoms with E-state index in [9.17, 15) is 4.79 Å². The Balaban J connectivity index is 2.48. The van der Waals surface area contributed by atoms with Gasteiger partial charge >= 0.3 is 6.09 Å². The highest BCUT2D eigenvalue weighted by atomic mass is 16.4. The Labute approximate surface area is 91.9 Å². The average Bonchev–Trinajstić information content (AvgIpc) is 1.99. The fraction of sp³-hybridized carbons (Fsp3) is 0.909. The molecular weight excluding hydrogens is 192 g/mol. The van der Waals surface area contributed by atoms with Crippen LogP contribution in [0.2, 0.25) is 0 Å². The van der Waals surface area contributed by atoms with Crippen molar-refractivity contribution in [1.82, 2.24) is 9.80 Å². The zero-order valence-corrected chi connectivity index (χ0v) is 10.2. The van der Waals surface area contributed by atoms with Crippen molar-refractivity contribution in [3.63, 3.8) is 0 Å². The van der Waals surface area contributed by atoms with Gasteiger partial charge in [0, 0.05) is 32.2 Å². The third kappa shape index (κ3) is 3.70. The van der Waals surface area contributed by atoms with Crippen LogP contribution >= 0.6 is 0 Å². The topological polar surface area (TPSA) is 43.8 Å². The van der Waals surface area contributed by atoms with Gasteiger partial charge in [0.15, 0.2) is 0 Å². The van der Waals surface area contributed by atoms with Gasteiger partial charge in [-0.3, -0.25) is 4.90 Å².